The molecule has 112 valence electrons. The van der Waals surface area contributed by atoms with Crippen LogP contribution in [0, 0.1) is 5.92 Å². The van der Waals surface area contributed by atoms with Gasteiger partial charge in [0.05, 0.1) is 10.0 Å². The van der Waals surface area contributed by atoms with Crippen molar-refractivity contribution in [3.63, 3.8) is 0 Å². The molecule has 1 fully saturated rings. The molecule has 4 heteroatoms. The van der Waals surface area contributed by atoms with E-state index in [-0.39, 0.29) is 6.04 Å². The topological polar surface area (TPSA) is 29.3 Å². The van der Waals surface area contributed by atoms with Crippen LogP contribution in [0.1, 0.15) is 44.7 Å². The lowest BCUT2D eigenvalue weighted by atomic mass is 9.98. The van der Waals surface area contributed by atoms with Gasteiger partial charge in [0.2, 0.25) is 0 Å². The van der Waals surface area contributed by atoms with Gasteiger partial charge in [-0.2, -0.15) is 0 Å². The van der Waals surface area contributed by atoms with E-state index in [0.29, 0.717) is 22.0 Å². The van der Waals surface area contributed by atoms with E-state index in [2.05, 4.69) is 24.8 Å². The molecule has 1 aliphatic rings. The third-order valence-corrected chi connectivity index (χ3v) is 5.48. The van der Waals surface area contributed by atoms with Crippen molar-refractivity contribution < 1.29 is 0 Å². The number of hydrogen-bond acceptors (Lipinski definition) is 2. The molecule has 1 aromatic carbocycles. The first-order chi connectivity index (χ1) is 9.60. The van der Waals surface area contributed by atoms with Crippen molar-refractivity contribution in [1.29, 1.82) is 0 Å². The quantitative estimate of drug-likeness (QED) is 0.866. The molecule has 1 aromatic rings. The summed E-state index contributed by atoms with van der Waals surface area (Å²) in [5, 5.41) is 1.32. The van der Waals surface area contributed by atoms with Crippen LogP contribution in [0.3, 0.4) is 0 Å². The molecule has 0 aliphatic heterocycles. The monoisotopic (exact) mass is 314 g/mol. The Labute approximate surface area is 132 Å². The Morgan fingerprint density at radius 3 is 2.75 bits per heavy atom. The zero-order valence-electron chi connectivity index (χ0n) is 12.3. The van der Waals surface area contributed by atoms with E-state index < -0.39 is 0 Å². The molecule has 2 N–H and O–H groups in total. The van der Waals surface area contributed by atoms with Crippen LogP contribution in [0.4, 0.5) is 0 Å². The third kappa shape index (κ3) is 3.14. The highest BCUT2D eigenvalue weighted by atomic mass is 35.5. The van der Waals surface area contributed by atoms with Gasteiger partial charge in [-0.15, -0.1) is 0 Å². The van der Waals surface area contributed by atoms with Crippen LogP contribution in [0.15, 0.2) is 18.2 Å². The Morgan fingerprint density at radius 1 is 1.35 bits per heavy atom. The number of hydrogen-bond donors (Lipinski definition) is 1. The van der Waals surface area contributed by atoms with Gasteiger partial charge in [-0.3, -0.25) is 4.90 Å². The average molecular weight is 315 g/mol. The molecule has 0 amide bonds. The molecule has 0 spiro atoms. The van der Waals surface area contributed by atoms with Crippen molar-refractivity contribution in [1.82, 2.24) is 4.90 Å². The lowest BCUT2D eigenvalue weighted by Gasteiger charge is -2.37. The van der Waals surface area contributed by atoms with Crippen LogP contribution in [0.2, 0.25) is 10.0 Å². The lowest BCUT2D eigenvalue weighted by molar-refractivity contribution is 0.123. The fraction of sp³-hybridized carbons (Fsp3) is 0.625. The zero-order valence-corrected chi connectivity index (χ0v) is 13.8. The van der Waals surface area contributed by atoms with E-state index in [0.717, 1.165) is 18.7 Å². The number of nitrogens with two attached hydrogens (primary N) is 1. The Morgan fingerprint density at radius 2 is 2.10 bits per heavy atom. The van der Waals surface area contributed by atoms with Crippen LogP contribution >= 0.6 is 23.2 Å². The number of rotatable bonds is 5. The van der Waals surface area contributed by atoms with Crippen LogP contribution in [-0.2, 0) is 0 Å². The molecule has 1 aliphatic carbocycles. The van der Waals surface area contributed by atoms with Crippen molar-refractivity contribution in [2.24, 2.45) is 11.7 Å². The Kier molecular flexibility index (Phi) is 5.74. The second-order valence-corrected chi connectivity index (χ2v) is 6.43. The predicted molar refractivity (Wildman–Crippen MR) is 87.4 cm³/mol. The summed E-state index contributed by atoms with van der Waals surface area (Å²) in [5.74, 6) is 0.607. The molecule has 1 saturated carbocycles. The van der Waals surface area contributed by atoms with Gasteiger partial charge >= 0.3 is 0 Å². The molecule has 2 rings (SSSR count). The first-order valence-corrected chi connectivity index (χ1v) is 8.25. The standard InChI is InChI=1S/C16H24Cl2N2/c1-3-20(15-9-4-6-12(15)10-19)11(2)13-7-5-8-14(17)16(13)18/h5,7-8,11-12,15H,3-4,6,9-10,19H2,1-2H3. The van der Waals surface area contributed by atoms with Crippen LogP contribution in [-0.4, -0.2) is 24.0 Å². The van der Waals surface area contributed by atoms with Crippen molar-refractivity contribution in [2.75, 3.05) is 13.1 Å². The normalized spacial score (nSPS) is 24.3. The molecule has 0 bridgehead atoms. The second-order valence-electron chi connectivity index (χ2n) is 5.64. The van der Waals surface area contributed by atoms with E-state index in [1.54, 1.807) is 0 Å². The molecule has 3 unspecified atom stereocenters. The molecular formula is C16H24Cl2N2. The van der Waals surface area contributed by atoms with Gasteiger partial charge < -0.3 is 5.73 Å². The van der Waals surface area contributed by atoms with Gasteiger partial charge in [-0.05, 0) is 50.4 Å². The maximum absolute atomic E-state index is 6.38. The summed E-state index contributed by atoms with van der Waals surface area (Å²) in [6.45, 7) is 6.20. The molecular weight excluding hydrogens is 291 g/mol. The molecule has 3 atom stereocenters. The first kappa shape index (κ1) is 16.1. The van der Waals surface area contributed by atoms with Crippen molar-refractivity contribution in [3.05, 3.63) is 33.8 Å². The van der Waals surface area contributed by atoms with Crippen molar-refractivity contribution in [2.45, 2.75) is 45.2 Å². The fourth-order valence-corrected chi connectivity index (χ4v) is 4.01. The summed E-state index contributed by atoms with van der Waals surface area (Å²) in [6, 6.07) is 6.73. The molecule has 2 nitrogen and oxygen atoms in total. The maximum atomic E-state index is 6.38. The fourth-order valence-electron chi connectivity index (χ4n) is 3.55. The molecule has 20 heavy (non-hydrogen) atoms. The van der Waals surface area contributed by atoms with Gasteiger partial charge in [0, 0.05) is 12.1 Å². The largest absolute Gasteiger partial charge is 0.330 e. The summed E-state index contributed by atoms with van der Waals surface area (Å²) in [4.78, 5) is 2.53. The van der Waals surface area contributed by atoms with Gasteiger partial charge in [-0.25, -0.2) is 0 Å². The van der Waals surface area contributed by atoms with Crippen LogP contribution < -0.4 is 5.73 Å². The van der Waals surface area contributed by atoms with E-state index >= 15 is 0 Å². The average Bonchev–Trinajstić information content (AvgIpc) is 2.91. The zero-order chi connectivity index (χ0) is 14.7. The summed E-state index contributed by atoms with van der Waals surface area (Å²) >= 11 is 12.5. The second kappa shape index (κ2) is 7.13. The third-order valence-electron chi connectivity index (χ3n) is 4.64. The van der Waals surface area contributed by atoms with E-state index in [1.807, 2.05) is 12.1 Å². The van der Waals surface area contributed by atoms with E-state index in [9.17, 15) is 0 Å². The SMILES string of the molecule is CCN(C(C)c1cccc(Cl)c1Cl)C1CCCC1CN. The molecule has 0 saturated heterocycles. The predicted octanol–water partition coefficient (Wildman–Crippen LogP) is 4.50. The van der Waals surface area contributed by atoms with Gasteiger partial charge in [0.25, 0.3) is 0 Å². The van der Waals surface area contributed by atoms with Crippen LogP contribution in [0.5, 0.6) is 0 Å². The van der Waals surface area contributed by atoms with E-state index in [4.69, 9.17) is 28.9 Å². The highest BCUT2D eigenvalue weighted by molar-refractivity contribution is 6.42. The smallest absolute Gasteiger partial charge is 0.0640 e. The number of nitrogens with zero attached hydrogens (tertiary/aromatic N) is 1. The summed E-state index contributed by atoms with van der Waals surface area (Å²) in [6.07, 6.45) is 3.75. The number of halogens is 2. The van der Waals surface area contributed by atoms with Gasteiger partial charge in [-0.1, -0.05) is 48.7 Å². The van der Waals surface area contributed by atoms with Gasteiger partial charge in [0.15, 0.2) is 0 Å². The Bertz CT molecular complexity index is 450. The summed E-state index contributed by atoms with van der Waals surface area (Å²) in [7, 11) is 0. The molecule has 0 radical (unpaired) electrons. The molecule has 0 aromatic heterocycles. The first-order valence-electron chi connectivity index (χ1n) is 7.49. The highest BCUT2D eigenvalue weighted by Crippen LogP contribution is 2.37. The Balaban J connectivity index is 2.24. The van der Waals surface area contributed by atoms with E-state index in [1.165, 1.54) is 19.3 Å². The van der Waals surface area contributed by atoms with Crippen molar-refractivity contribution >= 4 is 23.2 Å². The minimum Gasteiger partial charge on any atom is -0.330 e. The van der Waals surface area contributed by atoms with Crippen LogP contribution in [0.25, 0.3) is 0 Å². The minimum absolute atomic E-state index is 0.267. The summed E-state index contributed by atoms with van der Waals surface area (Å²) in [5.41, 5.74) is 7.05. The lowest BCUT2D eigenvalue weighted by Crippen LogP contribution is -2.41. The number of benzene rings is 1. The molecule has 0 heterocycles. The highest BCUT2D eigenvalue weighted by Gasteiger charge is 2.33. The van der Waals surface area contributed by atoms with Gasteiger partial charge in [0.1, 0.15) is 0 Å². The summed E-state index contributed by atoms with van der Waals surface area (Å²) < 4.78 is 0. The Hall–Kier alpha value is -0.280. The van der Waals surface area contributed by atoms with Crippen molar-refractivity contribution in [3.8, 4) is 0 Å². The minimum atomic E-state index is 0.267. The maximum Gasteiger partial charge on any atom is 0.0640 e.